The second-order valence-corrected chi connectivity index (χ2v) is 3.01. The highest BCUT2D eigenvalue weighted by molar-refractivity contribution is 5.72. The smallest absolute Gasteiger partial charge is 0.185 e. The molecule has 14 heavy (non-hydrogen) atoms. The molecule has 2 aromatic heterocycles. The van der Waals surface area contributed by atoms with Crippen molar-refractivity contribution in [3.8, 4) is 11.3 Å². The Morgan fingerprint density at radius 3 is 2.86 bits per heavy atom. The number of aromatic nitrogens is 1. The minimum absolute atomic E-state index is 0.342. The maximum Gasteiger partial charge on any atom is 0.185 e. The van der Waals surface area contributed by atoms with Crippen LogP contribution in [0, 0.1) is 6.92 Å². The molecule has 0 fully saturated rings. The lowest BCUT2D eigenvalue weighted by Gasteiger charge is -1.96. The standard InChI is InChI=1S/C11H9NO2/c1-8-6-9(4-5-12-8)11-3-2-10(7-13)14-11/h2-7H,1H3. The summed E-state index contributed by atoms with van der Waals surface area (Å²) in [7, 11) is 0. The molecule has 3 heteroatoms. The average Bonchev–Trinajstić information content (AvgIpc) is 2.66. The third-order valence-electron chi connectivity index (χ3n) is 1.92. The molecule has 0 N–H and O–H groups in total. The van der Waals surface area contributed by atoms with Crippen LogP contribution < -0.4 is 0 Å². The van der Waals surface area contributed by atoms with E-state index in [9.17, 15) is 4.79 Å². The van der Waals surface area contributed by atoms with Gasteiger partial charge >= 0.3 is 0 Å². The Balaban J connectivity index is 2.43. The summed E-state index contributed by atoms with van der Waals surface area (Å²) < 4.78 is 5.28. The quantitative estimate of drug-likeness (QED) is 0.678. The SMILES string of the molecule is Cc1cc(-c2ccc(C=O)o2)ccn1. The van der Waals surface area contributed by atoms with Gasteiger partial charge < -0.3 is 4.42 Å². The van der Waals surface area contributed by atoms with Crippen LogP contribution in [-0.2, 0) is 0 Å². The maximum atomic E-state index is 10.4. The molecule has 2 rings (SSSR count). The van der Waals surface area contributed by atoms with Gasteiger partial charge in [-0.2, -0.15) is 0 Å². The molecule has 70 valence electrons. The van der Waals surface area contributed by atoms with Crippen LogP contribution in [0.15, 0.2) is 34.9 Å². The first-order valence-corrected chi connectivity index (χ1v) is 4.27. The number of carbonyl (C=O) groups excluding carboxylic acids is 1. The third-order valence-corrected chi connectivity index (χ3v) is 1.92. The van der Waals surface area contributed by atoms with E-state index in [2.05, 4.69) is 4.98 Å². The van der Waals surface area contributed by atoms with Gasteiger partial charge in [-0.05, 0) is 31.2 Å². The van der Waals surface area contributed by atoms with Crippen molar-refractivity contribution >= 4 is 6.29 Å². The molecule has 2 heterocycles. The van der Waals surface area contributed by atoms with Crippen LogP contribution in [0.5, 0.6) is 0 Å². The van der Waals surface area contributed by atoms with Crippen LogP contribution in [-0.4, -0.2) is 11.3 Å². The first-order chi connectivity index (χ1) is 6.79. The predicted molar refractivity (Wildman–Crippen MR) is 52.1 cm³/mol. The fourth-order valence-corrected chi connectivity index (χ4v) is 1.27. The number of pyridine rings is 1. The summed E-state index contributed by atoms with van der Waals surface area (Å²) in [6, 6.07) is 7.18. The largest absolute Gasteiger partial charge is 0.453 e. The highest BCUT2D eigenvalue weighted by atomic mass is 16.3. The molecule has 0 spiro atoms. The van der Waals surface area contributed by atoms with Gasteiger partial charge in [0.2, 0.25) is 0 Å². The van der Waals surface area contributed by atoms with E-state index >= 15 is 0 Å². The van der Waals surface area contributed by atoms with Crippen molar-refractivity contribution in [2.45, 2.75) is 6.92 Å². The average molecular weight is 187 g/mol. The van der Waals surface area contributed by atoms with Gasteiger partial charge in [0.25, 0.3) is 0 Å². The monoisotopic (exact) mass is 187 g/mol. The number of rotatable bonds is 2. The summed E-state index contributed by atoms with van der Waals surface area (Å²) in [5.41, 5.74) is 1.86. The molecule has 2 aromatic rings. The van der Waals surface area contributed by atoms with Crippen molar-refractivity contribution in [1.82, 2.24) is 4.98 Å². The molecule has 0 aliphatic rings. The second-order valence-electron chi connectivity index (χ2n) is 3.01. The number of hydrogen-bond donors (Lipinski definition) is 0. The molecule has 0 radical (unpaired) electrons. The molecule has 0 saturated heterocycles. The Kier molecular flexibility index (Phi) is 2.14. The zero-order valence-corrected chi connectivity index (χ0v) is 7.73. The highest BCUT2D eigenvalue weighted by Crippen LogP contribution is 2.21. The number of aryl methyl sites for hydroxylation is 1. The predicted octanol–water partition coefficient (Wildman–Crippen LogP) is 2.46. The first-order valence-electron chi connectivity index (χ1n) is 4.27. The molecule has 0 aromatic carbocycles. The van der Waals surface area contributed by atoms with E-state index in [1.165, 1.54) is 0 Å². The Bertz CT molecular complexity index is 460. The van der Waals surface area contributed by atoms with Crippen molar-refractivity contribution < 1.29 is 9.21 Å². The number of carbonyl (C=O) groups is 1. The molecule has 0 aliphatic heterocycles. The normalized spacial score (nSPS) is 10.1. The van der Waals surface area contributed by atoms with Crippen molar-refractivity contribution in [2.24, 2.45) is 0 Å². The molecule has 0 unspecified atom stereocenters. The van der Waals surface area contributed by atoms with Crippen LogP contribution in [0.2, 0.25) is 0 Å². The van der Waals surface area contributed by atoms with Gasteiger partial charge in [-0.25, -0.2) is 0 Å². The summed E-state index contributed by atoms with van der Waals surface area (Å²) in [6.07, 6.45) is 2.41. The summed E-state index contributed by atoms with van der Waals surface area (Å²) >= 11 is 0. The van der Waals surface area contributed by atoms with Crippen LogP contribution in [0.3, 0.4) is 0 Å². The molecule has 0 amide bonds. The molecule has 0 aliphatic carbocycles. The fraction of sp³-hybridized carbons (Fsp3) is 0.0909. The lowest BCUT2D eigenvalue weighted by Crippen LogP contribution is -1.80. The van der Waals surface area contributed by atoms with Crippen LogP contribution in [0.1, 0.15) is 16.2 Å². The molecule has 0 bridgehead atoms. The molecule has 0 atom stereocenters. The Labute approximate surface area is 81.4 Å². The lowest BCUT2D eigenvalue weighted by molar-refractivity contribution is 0.110. The summed E-state index contributed by atoms with van der Waals surface area (Å²) in [5, 5.41) is 0. The zero-order chi connectivity index (χ0) is 9.97. The van der Waals surface area contributed by atoms with Gasteiger partial charge in [-0.1, -0.05) is 0 Å². The van der Waals surface area contributed by atoms with Gasteiger partial charge in [-0.15, -0.1) is 0 Å². The topological polar surface area (TPSA) is 43.1 Å². The second kappa shape index (κ2) is 3.46. The first kappa shape index (κ1) is 8.69. The minimum atomic E-state index is 0.342. The Morgan fingerprint density at radius 1 is 1.36 bits per heavy atom. The van der Waals surface area contributed by atoms with Crippen molar-refractivity contribution in [3.63, 3.8) is 0 Å². The number of aldehydes is 1. The van der Waals surface area contributed by atoms with Crippen molar-refractivity contribution in [2.75, 3.05) is 0 Å². The number of nitrogens with zero attached hydrogens (tertiary/aromatic N) is 1. The van der Waals surface area contributed by atoms with E-state index in [-0.39, 0.29) is 0 Å². The van der Waals surface area contributed by atoms with E-state index in [0.717, 1.165) is 11.3 Å². The zero-order valence-electron chi connectivity index (χ0n) is 7.73. The molecule has 0 saturated carbocycles. The fourth-order valence-electron chi connectivity index (χ4n) is 1.27. The van der Waals surface area contributed by atoms with Crippen molar-refractivity contribution in [1.29, 1.82) is 0 Å². The van der Waals surface area contributed by atoms with E-state index in [1.807, 2.05) is 19.1 Å². The van der Waals surface area contributed by atoms with Gasteiger partial charge in [0.1, 0.15) is 5.76 Å². The van der Waals surface area contributed by atoms with E-state index in [0.29, 0.717) is 17.8 Å². The highest BCUT2D eigenvalue weighted by Gasteiger charge is 2.03. The molecule has 3 nitrogen and oxygen atoms in total. The minimum Gasteiger partial charge on any atom is -0.453 e. The van der Waals surface area contributed by atoms with Gasteiger partial charge in [0.15, 0.2) is 12.0 Å². The number of hydrogen-bond acceptors (Lipinski definition) is 3. The van der Waals surface area contributed by atoms with Crippen molar-refractivity contribution in [3.05, 3.63) is 41.9 Å². The van der Waals surface area contributed by atoms with Gasteiger partial charge in [0, 0.05) is 17.5 Å². The van der Waals surface area contributed by atoms with Crippen LogP contribution >= 0.6 is 0 Å². The third kappa shape index (κ3) is 1.57. The lowest BCUT2D eigenvalue weighted by atomic mass is 10.2. The van der Waals surface area contributed by atoms with Gasteiger partial charge in [-0.3, -0.25) is 9.78 Å². The van der Waals surface area contributed by atoms with Crippen LogP contribution in [0.4, 0.5) is 0 Å². The Hall–Kier alpha value is -1.90. The van der Waals surface area contributed by atoms with Crippen LogP contribution in [0.25, 0.3) is 11.3 Å². The summed E-state index contributed by atoms with van der Waals surface area (Å²) in [5.74, 6) is 1.03. The number of furan rings is 1. The van der Waals surface area contributed by atoms with E-state index < -0.39 is 0 Å². The molecular formula is C11H9NO2. The van der Waals surface area contributed by atoms with Gasteiger partial charge in [0.05, 0.1) is 0 Å². The molecular weight excluding hydrogens is 178 g/mol. The van der Waals surface area contributed by atoms with E-state index in [4.69, 9.17) is 4.42 Å². The summed E-state index contributed by atoms with van der Waals surface area (Å²) in [6.45, 7) is 1.91. The van der Waals surface area contributed by atoms with E-state index in [1.54, 1.807) is 18.3 Å². The Morgan fingerprint density at radius 2 is 2.21 bits per heavy atom. The maximum absolute atomic E-state index is 10.4. The summed E-state index contributed by atoms with van der Waals surface area (Å²) in [4.78, 5) is 14.5.